The molecule has 0 atom stereocenters. The van der Waals surface area contributed by atoms with Crippen LogP contribution in [-0.2, 0) is 16.8 Å². The predicted octanol–water partition coefficient (Wildman–Crippen LogP) is 4.22. The SMILES string of the molecule is CCNC(=O)c1cc2c(cc1OCC)CN(CC(=O)c1cc(N3CCCC3)c(OCC(=O)O)c(C(C)(C)C)c1)C2=N. The normalized spacial score (nSPS) is 14.7. The van der Waals surface area contributed by atoms with Gasteiger partial charge in [0, 0.05) is 42.9 Å². The van der Waals surface area contributed by atoms with Crippen molar-refractivity contribution in [1.82, 2.24) is 10.2 Å². The first kappa shape index (κ1) is 29.9. The third kappa shape index (κ3) is 6.47. The van der Waals surface area contributed by atoms with E-state index in [0.29, 0.717) is 47.9 Å². The summed E-state index contributed by atoms with van der Waals surface area (Å²) in [5.41, 5.74) is 3.36. The van der Waals surface area contributed by atoms with Crippen LogP contribution in [0.2, 0.25) is 0 Å². The largest absolute Gasteiger partial charge is 0.493 e. The minimum absolute atomic E-state index is 0.0215. The van der Waals surface area contributed by atoms with E-state index in [1.165, 1.54) is 0 Å². The molecule has 10 heteroatoms. The highest BCUT2D eigenvalue weighted by Gasteiger charge is 2.32. The lowest BCUT2D eigenvalue weighted by Crippen LogP contribution is -2.31. The molecule has 0 aromatic heterocycles. The summed E-state index contributed by atoms with van der Waals surface area (Å²) < 4.78 is 11.6. The number of amides is 1. The number of ketones is 1. The van der Waals surface area contributed by atoms with Crippen LogP contribution in [0.25, 0.3) is 0 Å². The van der Waals surface area contributed by atoms with E-state index in [-0.39, 0.29) is 24.1 Å². The number of nitrogens with one attached hydrogen (secondary N) is 2. The zero-order chi connectivity index (χ0) is 29.9. The standard InChI is InChI=1S/C31H40N4O6/c1-6-33-30(39)22-15-21-20(14-26(22)40-7-2)16-35(29(21)32)17-25(36)19-12-23(31(3,4)5)28(41-18-27(37)38)24(13-19)34-10-8-9-11-34/h12-15,32H,6-11,16-18H2,1-5H3,(H,33,39)(H,37,38). The number of carboxylic acids is 1. The lowest BCUT2D eigenvalue weighted by molar-refractivity contribution is -0.139. The fourth-order valence-electron chi connectivity index (χ4n) is 5.35. The Balaban J connectivity index is 1.66. The van der Waals surface area contributed by atoms with Gasteiger partial charge in [-0.25, -0.2) is 4.79 Å². The molecule has 3 N–H and O–H groups in total. The molecule has 1 fully saturated rings. The van der Waals surface area contributed by atoms with Crippen LogP contribution in [0.4, 0.5) is 5.69 Å². The van der Waals surface area contributed by atoms with Gasteiger partial charge in [0.05, 0.1) is 24.4 Å². The zero-order valence-corrected chi connectivity index (χ0v) is 24.6. The first-order chi connectivity index (χ1) is 19.4. The Morgan fingerprint density at radius 3 is 2.37 bits per heavy atom. The molecule has 0 unspecified atom stereocenters. The Kier molecular flexibility index (Phi) is 8.89. The van der Waals surface area contributed by atoms with Gasteiger partial charge in [-0.05, 0) is 61.9 Å². The molecule has 220 valence electrons. The smallest absolute Gasteiger partial charge is 0.341 e. The molecule has 2 heterocycles. The minimum atomic E-state index is -1.06. The number of amidine groups is 1. The first-order valence-electron chi connectivity index (χ1n) is 14.2. The molecule has 2 aromatic carbocycles. The van der Waals surface area contributed by atoms with Crippen LogP contribution < -0.4 is 19.7 Å². The number of anilines is 1. The van der Waals surface area contributed by atoms with E-state index in [0.717, 1.165) is 42.7 Å². The molecule has 4 rings (SSSR count). The van der Waals surface area contributed by atoms with E-state index in [2.05, 4.69) is 10.2 Å². The van der Waals surface area contributed by atoms with Crippen molar-refractivity contribution in [3.05, 3.63) is 52.1 Å². The number of hydrogen-bond donors (Lipinski definition) is 3. The molecule has 1 amide bonds. The van der Waals surface area contributed by atoms with Gasteiger partial charge in [-0.3, -0.25) is 15.0 Å². The molecule has 41 heavy (non-hydrogen) atoms. The van der Waals surface area contributed by atoms with Crippen LogP contribution in [0.1, 0.15) is 84.9 Å². The van der Waals surface area contributed by atoms with Crippen LogP contribution in [0.5, 0.6) is 11.5 Å². The van der Waals surface area contributed by atoms with Gasteiger partial charge in [0.2, 0.25) is 0 Å². The summed E-state index contributed by atoms with van der Waals surface area (Å²) in [6, 6.07) is 7.07. The maximum Gasteiger partial charge on any atom is 0.341 e. The summed E-state index contributed by atoms with van der Waals surface area (Å²) in [5.74, 6) is -0.351. The molecule has 2 aliphatic rings. The second-order valence-corrected chi connectivity index (χ2v) is 11.4. The van der Waals surface area contributed by atoms with E-state index < -0.39 is 18.0 Å². The van der Waals surface area contributed by atoms with Crippen molar-refractivity contribution in [3.63, 3.8) is 0 Å². The monoisotopic (exact) mass is 564 g/mol. The first-order valence-corrected chi connectivity index (χ1v) is 14.2. The van der Waals surface area contributed by atoms with Gasteiger partial charge in [0.1, 0.15) is 17.3 Å². The second kappa shape index (κ2) is 12.2. The molecular weight excluding hydrogens is 524 g/mol. The van der Waals surface area contributed by atoms with E-state index in [1.807, 2.05) is 34.6 Å². The third-order valence-electron chi connectivity index (χ3n) is 7.34. The van der Waals surface area contributed by atoms with Crippen molar-refractivity contribution < 1.29 is 29.0 Å². The topological polar surface area (TPSA) is 132 Å². The number of rotatable bonds is 11. The van der Waals surface area contributed by atoms with Crippen molar-refractivity contribution in [3.8, 4) is 11.5 Å². The van der Waals surface area contributed by atoms with E-state index in [1.54, 1.807) is 29.2 Å². The highest BCUT2D eigenvalue weighted by atomic mass is 16.5. The maximum absolute atomic E-state index is 13.8. The third-order valence-corrected chi connectivity index (χ3v) is 7.34. The highest BCUT2D eigenvalue weighted by molar-refractivity contribution is 6.08. The Morgan fingerprint density at radius 1 is 1.05 bits per heavy atom. The summed E-state index contributed by atoms with van der Waals surface area (Å²) in [6.45, 7) is 12.0. The Labute approximate surface area is 241 Å². The van der Waals surface area contributed by atoms with Crippen LogP contribution in [0.15, 0.2) is 24.3 Å². The average molecular weight is 565 g/mol. The van der Waals surface area contributed by atoms with Gasteiger partial charge in [0.25, 0.3) is 5.91 Å². The molecule has 2 aromatic rings. The number of ether oxygens (including phenoxy) is 2. The fourth-order valence-corrected chi connectivity index (χ4v) is 5.35. The number of nitrogens with zero attached hydrogens (tertiary/aromatic N) is 2. The molecular formula is C31H40N4O6. The molecule has 0 radical (unpaired) electrons. The Bertz CT molecular complexity index is 1360. The van der Waals surface area contributed by atoms with Crippen molar-refractivity contribution >= 4 is 29.2 Å². The highest BCUT2D eigenvalue weighted by Crippen LogP contribution is 2.42. The van der Waals surface area contributed by atoms with Crippen molar-refractivity contribution in [1.29, 1.82) is 5.41 Å². The summed E-state index contributed by atoms with van der Waals surface area (Å²) in [7, 11) is 0. The number of carbonyl (C=O) groups excluding carboxylic acids is 2. The molecule has 0 saturated carbocycles. The van der Waals surface area contributed by atoms with Crippen LogP contribution in [-0.4, -0.2) is 72.9 Å². The molecule has 1 saturated heterocycles. The number of fused-ring (bicyclic) bond motifs is 1. The predicted molar refractivity (Wildman–Crippen MR) is 157 cm³/mol. The summed E-state index contributed by atoms with van der Waals surface area (Å²) in [6.07, 6.45) is 2.01. The lowest BCUT2D eigenvalue weighted by atomic mass is 9.84. The number of aliphatic carboxylic acids is 1. The van der Waals surface area contributed by atoms with Gasteiger partial charge >= 0.3 is 5.97 Å². The van der Waals surface area contributed by atoms with E-state index in [4.69, 9.17) is 14.9 Å². The van der Waals surface area contributed by atoms with Crippen molar-refractivity contribution in [2.45, 2.75) is 59.4 Å². The Hall–Kier alpha value is -4.08. The molecule has 0 bridgehead atoms. The quantitative estimate of drug-likeness (QED) is 0.346. The number of carbonyl (C=O) groups is 3. The number of benzene rings is 2. The average Bonchev–Trinajstić information content (AvgIpc) is 3.55. The molecule has 0 aliphatic carbocycles. The van der Waals surface area contributed by atoms with E-state index in [9.17, 15) is 19.5 Å². The van der Waals surface area contributed by atoms with Crippen molar-refractivity contribution in [2.24, 2.45) is 0 Å². The Morgan fingerprint density at radius 2 is 1.76 bits per heavy atom. The fraction of sp³-hybridized carbons (Fsp3) is 0.484. The molecule has 0 spiro atoms. The molecule has 10 nitrogen and oxygen atoms in total. The number of Topliss-reactive ketones (excluding diaryl/α,β-unsaturated/α-hetero) is 1. The molecule has 2 aliphatic heterocycles. The zero-order valence-electron chi connectivity index (χ0n) is 24.6. The lowest BCUT2D eigenvalue weighted by Gasteiger charge is -2.29. The van der Waals surface area contributed by atoms with Gasteiger partial charge < -0.3 is 29.7 Å². The summed E-state index contributed by atoms with van der Waals surface area (Å²) >= 11 is 0. The van der Waals surface area contributed by atoms with Crippen molar-refractivity contribution in [2.75, 3.05) is 44.3 Å². The maximum atomic E-state index is 13.8. The minimum Gasteiger partial charge on any atom is -0.493 e. The van der Waals surface area contributed by atoms with Gasteiger partial charge in [-0.2, -0.15) is 0 Å². The van der Waals surface area contributed by atoms with Crippen LogP contribution in [0.3, 0.4) is 0 Å². The summed E-state index contributed by atoms with van der Waals surface area (Å²) in [4.78, 5) is 41.7. The number of hydrogen-bond acceptors (Lipinski definition) is 7. The van der Waals surface area contributed by atoms with Gasteiger partial charge in [-0.1, -0.05) is 20.8 Å². The van der Waals surface area contributed by atoms with Gasteiger partial charge in [-0.15, -0.1) is 0 Å². The van der Waals surface area contributed by atoms with E-state index >= 15 is 0 Å². The summed E-state index contributed by atoms with van der Waals surface area (Å²) in [5, 5.41) is 20.9. The van der Waals surface area contributed by atoms with Crippen LogP contribution in [0, 0.1) is 5.41 Å². The number of carboxylic acid groups (broad SMARTS) is 1. The second-order valence-electron chi connectivity index (χ2n) is 11.4. The van der Waals surface area contributed by atoms with Crippen LogP contribution >= 0.6 is 0 Å². The van der Waals surface area contributed by atoms with Gasteiger partial charge in [0.15, 0.2) is 12.4 Å².